The summed E-state index contributed by atoms with van der Waals surface area (Å²) in [6.07, 6.45) is 1.29. The number of amides is 1. The quantitative estimate of drug-likeness (QED) is 0.170. The van der Waals surface area contributed by atoms with Crippen molar-refractivity contribution < 1.29 is 14.1 Å². The van der Waals surface area contributed by atoms with E-state index in [1.165, 1.54) is 12.1 Å². The average molecular weight is 545 g/mol. The lowest BCUT2D eigenvalue weighted by molar-refractivity contribution is -0.384. The summed E-state index contributed by atoms with van der Waals surface area (Å²) in [5.41, 5.74) is 2.27. The number of nitriles is 1. The van der Waals surface area contributed by atoms with Crippen LogP contribution in [0.1, 0.15) is 16.9 Å². The van der Waals surface area contributed by atoms with E-state index < -0.39 is 10.8 Å². The fourth-order valence-electron chi connectivity index (χ4n) is 2.87. The van der Waals surface area contributed by atoms with Crippen molar-refractivity contribution >= 4 is 55.2 Å². The summed E-state index contributed by atoms with van der Waals surface area (Å²) in [6, 6.07) is 13.4. The Morgan fingerprint density at radius 3 is 2.42 bits per heavy atom. The van der Waals surface area contributed by atoms with Gasteiger partial charge < -0.3 is 9.73 Å². The van der Waals surface area contributed by atoms with Gasteiger partial charge in [-0.25, -0.2) is 0 Å². The van der Waals surface area contributed by atoms with Crippen molar-refractivity contribution in [2.24, 2.45) is 0 Å². The van der Waals surface area contributed by atoms with Crippen LogP contribution < -0.4 is 5.32 Å². The van der Waals surface area contributed by atoms with Crippen molar-refractivity contribution in [3.63, 3.8) is 0 Å². The summed E-state index contributed by atoms with van der Waals surface area (Å²) in [5.74, 6) is -0.134. The number of nitrogens with zero attached hydrogens (tertiary/aromatic N) is 2. The Bertz CT molecular complexity index is 1250. The molecule has 1 heterocycles. The maximum atomic E-state index is 12.6. The molecule has 0 saturated carbocycles. The summed E-state index contributed by atoms with van der Waals surface area (Å²) in [6.45, 7) is 3.67. The predicted molar refractivity (Wildman–Crippen MR) is 124 cm³/mol. The number of nitro groups is 1. The van der Waals surface area contributed by atoms with Crippen LogP contribution in [0.15, 0.2) is 61.4 Å². The number of halogens is 2. The van der Waals surface area contributed by atoms with Gasteiger partial charge in [0.05, 0.1) is 16.2 Å². The largest absolute Gasteiger partial charge is 0.456 e. The van der Waals surface area contributed by atoms with Crippen molar-refractivity contribution in [2.45, 2.75) is 13.8 Å². The number of nitrogens with one attached hydrogen (secondary N) is 1. The van der Waals surface area contributed by atoms with Gasteiger partial charge >= 0.3 is 0 Å². The Balaban J connectivity index is 1.90. The molecule has 1 amide bonds. The summed E-state index contributed by atoms with van der Waals surface area (Å²) in [5, 5.41) is 23.5. The minimum atomic E-state index is -0.619. The predicted octanol–water partition coefficient (Wildman–Crippen LogP) is 6.54. The van der Waals surface area contributed by atoms with E-state index in [1.54, 1.807) is 31.2 Å². The van der Waals surface area contributed by atoms with E-state index in [1.807, 2.05) is 25.1 Å². The van der Waals surface area contributed by atoms with Gasteiger partial charge in [-0.3, -0.25) is 14.9 Å². The van der Waals surface area contributed by atoms with E-state index in [0.717, 1.165) is 11.1 Å². The van der Waals surface area contributed by atoms with Crippen molar-refractivity contribution in [1.82, 2.24) is 0 Å². The molecule has 1 aromatic heterocycles. The first-order chi connectivity index (χ1) is 14.7. The molecule has 0 aliphatic carbocycles. The number of hydrogen-bond donors (Lipinski definition) is 1. The van der Waals surface area contributed by atoms with Gasteiger partial charge in [0.2, 0.25) is 0 Å². The lowest BCUT2D eigenvalue weighted by Crippen LogP contribution is -2.14. The average Bonchev–Trinajstić information content (AvgIpc) is 3.17. The van der Waals surface area contributed by atoms with Crippen molar-refractivity contribution in [1.29, 1.82) is 5.26 Å². The van der Waals surface area contributed by atoms with Crippen LogP contribution in [0.4, 0.5) is 11.4 Å². The second-order valence-corrected chi connectivity index (χ2v) is 8.42. The van der Waals surface area contributed by atoms with E-state index in [-0.39, 0.29) is 22.8 Å². The number of aryl methyl sites for hydroxylation is 2. The monoisotopic (exact) mass is 543 g/mol. The SMILES string of the molecule is Cc1cc(Br)c(NC(=O)/C(C#N)=C/c2ccc(-c3ccc(C)cc3[N+](=O)[O-])o2)c(Br)c1. The molecule has 3 aromatic rings. The van der Waals surface area contributed by atoms with Crippen LogP contribution in [0, 0.1) is 35.3 Å². The summed E-state index contributed by atoms with van der Waals surface area (Å²) in [7, 11) is 0. The second kappa shape index (κ2) is 9.29. The first-order valence-corrected chi connectivity index (χ1v) is 10.5. The van der Waals surface area contributed by atoms with Gasteiger partial charge in [-0.05, 0) is 87.2 Å². The molecule has 0 atom stereocenters. The molecular weight excluding hydrogens is 530 g/mol. The van der Waals surface area contributed by atoms with E-state index in [2.05, 4.69) is 37.2 Å². The maximum absolute atomic E-state index is 12.6. The number of furan rings is 1. The van der Waals surface area contributed by atoms with Crippen LogP contribution in [0.3, 0.4) is 0 Å². The number of rotatable bonds is 5. The number of carbonyl (C=O) groups is 1. The van der Waals surface area contributed by atoms with Crippen molar-refractivity contribution in [3.8, 4) is 17.4 Å². The molecule has 31 heavy (non-hydrogen) atoms. The first-order valence-electron chi connectivity index (χ1n) is 8.93. The molecule has 0 aliphatic heterocycles. The molecule has 0 fully saturated rings. The molecule has 0 unspecified atom stereocenters. The fourth-order valence-corrected chi connectivity index (χ4v) is 4.48. The zero-order valence-corrected chi connectivity index (χ0v) is 19.6. The normalized spacial score (nSPS) is 11.1. The van der Waals surface area contributed by atoms with E-state index >= 15 is 0 Å². The lowest BCUT2D eigenvalue weighted by atomic mass is 10.1. The third-order valence-corrected chi connectivity index (χ3v) is 5.57. The maximum Gasteiger partial charge on any atom is 0.280 e. The Labute approximate surface area is 194 Å². The number of anilines is 1. The summed E-state index contributed by atoms with van der Waals surface area (Å²) >= 11 is 6.79. The molecule has 0 aliphatic rings. The van der Waals surface area contributed by atoms with Crippen LogP contribution >= 0.6 is 31.9 Å². The highest BCUT2D eigenvalue weighted by Crippen LogP contribution is 2.34. The van der Waals surface area contributed by atoms with Gasteiger partial charge in [-0.2, -0.15) is 5.26 Å². The Morgan fingerprint density at radius 2 is 1.81 bits per heavy atom. The Morgan fingerprint density at radius 1 is 1.13 bits per heavy atom. The molecule has 156 valence electrons. The molecule has 0 saturated heterocycles. The number of hydrogen-bond acceptors (Lipinski definition) is 5. The van der Waals surface area contributed by atoms with Gasteiger partial charge in [0, 0.05) is 21.1 Å². The molecule has 0 bridgehead atoms. The lowest BCUT2D eigenvalue weighted by Gasteiger charge is -2.10. The van der Waals surface area contributed by atoms with Gasteiger partial charge in [-0.1, -0.05) is 6.07 Å². The first kappa shape index (κ1) is 22.5. The van der Waals surface area contributed by atoms with Gasteiger partial charge in [0.25, 0.3) is 11.6 Å². The highest BCUT2D eigenvalue weighted by molar-refractivity contribution is 9.11. The smallest absolute Gasteiger partial charge is 0.280 e. The molecule has 9 heteroatoms. The topological polar surface area (TPSA) is 109 Å². The van der Waals surface area contributed by atoms with Crippen molar-refractivity contribution in [3.05, 3.63) is 84.0 Å². The number of nitro benzene ring substituents is 1. The highest BCUT2D eigenvalue weighted by atomic mass is 79.9. The Hall–Kier alpha value is -3.22. The minimum Gasteiger partial charge on any atom is -0.456 e. The second-order valence-electron chi connectivity index (χ2n) is 6.71. The fraction of sp³-hybridized carbons (Fsp3) is 0.0909. The third-order valence-electron chi connectivity index (χ3n) is 4.32. The zero-order chi connectivity index (χ0) is 22.7. The molecule has 2 aromatic carbocycles. The molecule has 0 radical (unpaired) electrons. The van der Waals surface area contributed by atoms with E-state index in [9.17, 15) is 20.2 Å². The molecule has 7 nitrogen and oxygen atoms in total. The van der Waals surface area contributed by atoms with E-state index in [0.29, 0.717) is 20.2 Å². The molecular formula is C22H15Br2N3O4. The van der Waals surface area contributed by atoms with E-state index in [4.69, 9.17) is 4.42 Å². The van der Waals surface area contributed by atoms with Gasteiger partial charge in [0.15, 0.2) is 0 Å². The number of benzene rings is 2. The number of carbonyl (C=O) groups excluding carboxylic acids is 1. The van der Waals surface area contributed by atoms with Crippen molar-refractivity contribution in [2.75, 3.05) is 5.32 Å². The minimum absolute atomic E-state index is 0.0859. The van der Waals surface area contributed by atoms with Crippen LogP contribution in [-0.2, 0) is 4.79 Å². The molecule has 3 rings (SSSR count). The van der Waals surface area contributed by atoms with Gasteiger partial charge in [-0.15, -0.1) is 0 Å². The third kappa shape index (κ3) is 5.10. The van der Waals surface area contributed by atoms with Crippen LogP contribution in [0.5, 0.6) is 0 Å². The van der Waals surface area contributed by atoms with Gasteiger partial charge in [0.1, 0.15) is 23.2 Å². The van der Waals surface area contributed by atoms with Crippen LogP contribution in [0.25, 0.3) is 17.4 Å². The molecule has 0 spiro atoms. The van der Waals surface area contributed by atoms with Crippen LogP contribution in [-0.4, -0.2) is 10.8 Å². The summed E-state index contributed by atoms with van der Waals surface area (Å²) < 4.78 is 6.99. The zero-order valence-electron chi connectivity index (χ0n) is 16.4. The Kier molecular flexibility index (Phi) is 6.73. The van der Waals surface area contributed by atoms with Crippen LogP contribution in [0.2, 0.25) is 0 Å². The summed E-state index contributed by atoms with van der Waals surface area (Å²) in [4.78, 5) is 23.5. The molecule has 1 N–H and O–H groups in total. The highest BCUT2D eigenvalue weighted by Gasteiger charge is 2.19. The standard InChI is InChI=1S/C22H15Br2N3O4/c1-12-3-5-16(19(9-12)27(29)30)20-6-4-15(31-20)10-14(11-25)22(28)26-21-17(23)7-13(2)8-18(21)24/h3-10H,1-2H3,(H,26,28)/b14-10+.